The highest BCUT2D eigenvalue weighted by atomic mass is 32.2. The van der Waals surface area contributed by atoms with Crippen LogP contribution in [0.1, 0.15) is 4.88 Å². The molecule has 0 bridgehead atoms. The Kier molecular flexibility index (Phi) is 7.74. The molecule has 4 rings (SSSR count). The number of amides is 1. The minimum Gasteiger partial charge on any atom is -0.497 e. The number of nitrogens with two attached hydrogens (primary N) is 1. The first-order valence-corrected chi connectivity index (χ1v) is 13.5. The summed E-state index contributed by atoms with van der Waals surface area (Å²) >= 11 is 1.45. The van der Waals surface area contributed by atoms with Gasteiger partial charge in [-0.3, -0.25) is 4.79 Å². The van der Waals surface area contributed by atoms with Crippen molar-refractivity contribution in [1.29, 1.82) is 0 Å². The van der Waals surface area contributed by atoms with Gasteiger partial charge < -0.3 is 20.1 Å². The molecule has 3 N–H and O–H groups in total. The molecule has 4 aromatic rings. The normalized spacial score (nSPS) is 12.6. The third-order valence-electron chi connectivity index (χ3n) is 5.86. The molecule has 2 aromatic heterocycles. The number of thiophene rings is 1. The zero-order valence-electron chi connectivity index (χ0n) is 20.2. The van der Waals surface area contributed by atoms with Crippen LogP contribution in [-0.4, -0.2) is 64.7 Å². The van der Waals surface area contributed by atoms with Crippen LogP contribution in [0.25, 0.3) is 20.9 Å². The van der Waals surface area contributed by atoms with Crippen molar-refractivity contribution >= 4 is 53.9 Å². The number of hydrogen-bond acceptors (Lipinski definition) is 8. The number of nitrogen functional groups attached to an aromatic ring is 1. The van der Waals surface area contributed by atoms with Crippen LogP contribution in [-0.2, 0) is 26.0 Å². The van der Waals surface area contributed by atoms with Crippen molar-refractivity contribution in [3.63, 3.8) is 0 Å². The average molecular weight is 529 g/mol. The van der Waals surface area contributed by atoms with E-state index in [-0.39, 0.29) is 17.2 Å². The van der Waals surface area contributed by atoms with E-state index >= 15 is 0 Å². The molecule has 0 radical (unpaired) electrons. The number of rotatable bonds is 10. The Hall–Kier alpha value is -3.25. The second-order valence-corrected chi connectivity index (χ2v) is 11.2. The zero-order chi connectivity index (χ0) is 25.9. The fourth-order valence-corrected chi connectivity index (χ4v) is 6.21. The van der Waals surface area contributed by atoms with E-state index in [2.05, 4.69) is 9.71 Å². The number of hydrogen-bond donors (Lipinski definition) is 2. The Morgan fingerprint density at radius 2 is 1.92 bits per heavy atom. The lowest BCUT2D eigenvalue weighted by molar-refractivity contribution is -0.132. The highest BCUT2D eigenvalue weighted by molar-refractivity contribution is 7.89. The van der Waals surface area contributed by atoms with Gasteiger partial charge in [-0.15, -0.1) is 11.3 Å². The van der Waals surface area contributed by atoms with Gasteiger partial charge in [-0.1, -0.05) is 12.1 Å². The van der Waals surface area contributed by atoms with Gasteiger partial charge in [0.1, 0.15) is 17.6 Å². The van der Waals surface area contributed by atoms with Crippen molar-refractivity contribution in [3.05, 3.63) is 59.6 Å². The number of carbonyl (C=O) groups is 1. The van der Waals surface area contributed by atoms with Gasteiger partial charge in [0.2, 0.25) is 15.9 Å². The second-order valence-electron chi connectivity index (χ2n) is 8.33. The Balaban J connectivity index is 1.66. The predicted octanol–water partition coefficient (Wildman–Crippen LogP) is 3.03. The molecule has 0 saturated heterocycles. The first-order valence-electron chi connectivity index (χ1n) is 11.2. The summed E-state index contributed by atoms with van der Waals surface area (Å²) in [5, 5.41) is 2.37. The van der Waals surface area contributed by atoms with Gasteiger partial charge in [0, 0.05) is 48.3 Å². The molecule has 0 spiro atoms. The Morgan fingerprint density at radius 1 is 1.14 bits per heavy atom. The van der Waals surface area contributed by atoms with Crippen molar-refractivity contribution in [3.8, 4) is 5.75 Å². The first kappa shape index (κ1) is 25.8. The molecule has 0 aliphatic rings. The lowest BCUT2D eigenvalue weighted by Gasteiger charge is -2.24. The number of aromatic nitrogens is 1. The zero-order valence-corrected chi connectivity index (χ0v) is 21.9. The van der Waals surface area contributed by atoms with Gasteiger partial charge in [0.15, 0.2) is 0 Å². The van der Waals surface area contributed by atoms with Crippen molar-refractivity contribution in [1.82, 2.24) is 14.6 Å². The summed E-state index contributed by atoms with van der Waals surface area (Å²) in [5.41, 5.74) is 5.99. The molecule has 9 nitrogen and oxygen atoms in total. The van der Waals surface area contributed by atoms with Gasteiger partial charge in [0.05, 0.1) is 18.6 Å². The van der Waals surface area contributed by atoms with Crippen LogP contribution in [0.15, 0.2) is 59.6 Å². The summed E-state index contributed by atoms with van der Waals surface area (Å²) in [6.45, 7) is 0.659. The minimum atomic E-state index is -4.03. The molecule has 0 saturated carbocycles. The molecule has 2 heterocycles. The lowest BCUT2D eigenvalue weighted by atomic mass is 10.1. The molecular weight excluding hydrogens is 500 g/mol. The van der Waals surface area contributed by atoms with Crippen molar-refractivity contribution in [2.75, 3.05) is 40.2 Å². The third kappa shape index (κ3) is 5.59. The number of nitrogens with one attached hydrogen (secondary N) is 1. The maximum atomic E-state index is 13.4. The highest BCUT2D eigenvalue weighted by Crippen LogP contribution is 2.30. The van der Waals surface area contributed by atoms with Crippen molar-refractivity contribution < 1.29 is 22.7 Å². The quantitative estimate of drug-likeness (QED) is 0.324. The van der Waals surface area contributed by atoms with Crippen LogP contribution >= 0.6 is 11.3 Å². The van der Waals surface area contributed by atoms with E-state index in [1.807, 2.05) is 24.3 Å². The first-order chi connectivity index (χ1) is 17.2. The number of sulfonamides is 1. The number of fused-ring (bicyclic) bond motifs is 2. The molecule has 190 valence electrons. The molecule has 0 aliphatic heterocycles. The summed E-state index contributed by atoms with van der Waals surface area (Å²) in [7, 11) is 0.690. The summed E-state index contributed by atoms with van der Waals surface area (Å²) in [4.78, 5) is 19.8. The highest BCUT2D eigenvalue weighted by Gasteiger charge is 2.29. The van der Waals surface area contributed by atoms with E-state index in [4.69, 9.17) is 15.2 Å². The fourth-order valence-electron chi connectivity index (χ4n) is 3.87. The number of anilines is 1. The minimum absolute atomic E-state index is 0.0605. The number of carbonyl (C=O) groups excluding carboxylic acids is 1. The van der Waals surface area contributed by atoms with Gasteiger partial charge >= 0.3 is 0 Å². The van der Waals surface area contributed by atoms with E-state index in [1.54, 1.807) is 45.7 Å². The summed E-state index contributed by atoms with van der Waals surface area (Å²) in [6, 6.07) is 12.9. The monoisotopic (exact) mass is 528 g/mol. The van der Waals surface area contributed by atoms with Gasteiger partial charge in [0.25, 0.3) is 0 Å². The van der Waals surface area contributed by atoms with Crippen molar-refractivity contribution in [2.24, 2.45) is 0 Å². The van der Waals surface area contributed by atoms with Crippen LogP contribution in [0.4, 0.5) is 5.82 Å². The van der Waals surface area contributed by atoms with Gasteiger partial charge in [-0.25, -0.2) is 13.4 Å². The molecule has 1 atom stereocenters. The third-order valence-corrected chi connectivity index (χ3v) is 8.46. The maximum absolute atomic E-state index is 13.4. The van der Waals surface area contributed by atoms with E-state index < -0.39 is 16.1 Å². The molecule has 36 heavy (non-hydrogen) atoms. The van der Waals surface area contributed by atoms with Crippen LogP contribution in [0.3, 0.4) is 0 Å². The van der Waals surface area contributed by atoms with E-state index in [9.17, 15) is 13.2 Å². The van der Waals surface area contributed by atoms with E-state index in [0.717, 1.165) is 20.3 Å². The second kappa shape index (κ2) is 10.8. The van der Waals surface area contributed by atoms with Crippen LogP contribution in [0.5, 0.6) is 5.75 Å². The fraction of sp³-hybridized carbons (Fsp3) is 0.280. The molecule has 1 unspecified atom stereocenters. The summed E-state index contributed by atoms with van der Waals surface area (Å²) in [6.07, 6.45) is 1.78. The Labute approximate surface area is 213 Å². The largest absolute Gasteiger partial charge is 0.497 e. The molecule has 2 aromatic carbocycles. The van der Waals surface area contributed by atoms with Gasteiger partial charge in [-0.05, 0) is 47.2 Å². The van der Waals surface area contributed by atoms with E-state index in [0.29, 0.717) is 30.1 Å². The van der Waals surface area contributed by atoms with Crippen LogP contribution in [0, 0.1) is 0 Å². The van der Waals surface area contributed by atoms with Gasteiger partial charge in [-0.2, -0.15) is 4.72 Å². The van der Waals surface area contributed by atoms with Crippen LogP contribution < -0.4 is 15.2 Å². The van der Waals surface area contributed by atoms with Crippen LogP contribution in [0.2, 0.25) is 0 Å². The summed E-state index contributed by atoms with van der Waals surface area (Å²) in [5.74, 6) is 0.653. The van der Waals surface area contributed by atoms with E-state index in [1.165, 1.54) is 22.3 Å². The molecule has 1 amide bonds. The smallest absolute Gasteiger partial charge is 0.241 e. The van der Waals surface area contributed by atoms with Crippen molar-refractivity contribution in [2.45, 2.75) is 17.4 Å². The Bertz CT molecular complexity index is 1500. The molecule has 11 heteroatoms. The molecule has 0 aliphatic carbocycles. The number of ether oxygens (including phenoxy) is 2. The SMILES string of the molecule is COCCN(C)C(=O)C(Cc1cc2c(N)nccc2s1)NS(=O)(=O)c1ccc2ccc(OC)cc2c1. The Morgan fingerprint density at radius 3 is 2.64 bits per heavy atom. The number of benzene rings is 2. The number of likely N-dealkylation sites (N-methyl/N-ethyl adjacent to an activating group) is 1. The molecule has 0 fully saturated rings. The standard InChI is InChI=1S/C25H28N4O5S2/c1-29(10-11-33-2)25(30)22(15-19-14-21-23(35-19)8-9-27-24(21)26)28-36(31,32)20-7-5-16-4-6-18(34-3)12-17(16)13-20/h4-9,12-14,22,28H,10-11,15H2,1-3H3,(H2,26,27). The number of pyridine rings is 1. The average Bonchev–Trinajstić information content (AvgIpc) is 3.29. The number of methoxy groups -OCH3 is 2. The molecular formula is C25H28N4O5S2. The lowest BCUT2D eigenvalue weighted by Crippen LogP contribution is -2.49. The maximum Gasteiger partial charge on any atom is 0.241 e. The topological polar surface area (TPSA) is 124 Å². The predicted molar refractivity (Wildman–Crippen MR) is 142 cm³/mol. The number of nitrogens with zero attached hydrogens (tertiary/aromatic N) is 2. The summed E-state index contributed by atoms with van der Waals surface area (Å²) < 4.78 is 40.8.